The zero-order valence-corrected chi connectivity index (χ0v) is 9.66. The molecule has 0 saturated carbocycles. The second kappa shape index (κ2) is 5.62. The van der Waals surface area contributed by atoms with Crippen LogP contribution in [0.2, 0.25) is 0 Å². The zero-order valence-electron chi connectivity index (χ0n) is 8.84. The lowest BCUT2D eigenvalue weighted by atomic mass is 10.2. The third-order valence-electron chi connectivity index (χ3n) is 1.88. The molecule has 0 fully saturated rings. The minimum atomic E-state index is -3.38. The van der Waals surface area contributed by atoms with Crippen molar-refractivity contribution in [1.29, 1.82) is 0 Å². The van der Waals surface area contributed by atoms with Gasteiger partial charge in [0.05, 0.1) is 12.4 Å². The van der Waals surface area contributed by atoms with Gasteiger partial charge in [-0.3, -0.25) is 9.52 Å². The van der Waals surface area contributed by atoms with Crippen LogP contribution in [0.1, 0.15) is 10.4 Å². The molecule has 0 unspecified atom stereocenters. The summed E-state index contributed by atoms with van der Waals surface area (Å²) < 4.78 is 30.0. The van der Waals surface area contributed by atoms with Crippen molar-refractivity contribution in [1.82, 2.24) is 0 Å². The maximum Gasteiger partial charge on any atom is 0.234 e. The molecule has 0 aromatic heterocycles. The van der Waals surface area contributed by atoms with Gasteiger partial charge in [0.25, 0.3) is 0 Å². The van der Waals surface area contributed by atoms with E-state index in [1.54, 1.807) is 12.1 Å². The number of sulfonamides is 1. The fourth-order valence-corrected chi connectivity index (χ4v) is 2.04. The summed E-state index contributed by atoms with van der Waals surface area (Å²) in [6.07, 6.45) is 0.698. The molecular formula is C10H13NO4S. The number of rotatable bonds is 6. The summed E-state index contributed by atoms with van der Waals surface area (Å²) in [6, 6.07) is 6.16. The molecule has 16 heavy (non-hydrogen) atoms. The maximum absolute atomic E-state index is 11.5. The maximum atomic E-state index is 11.5. The van der Waals surface area contributed by atoms with Crippen LogP contribution >= 0.6 is 0 Å². The van der Waals surface area contributed by atoms with Crippen LogP contribution in [-0.2, 0) is 14.8 Å². The third-order valence-corrected chi connectivity index (χ3v) is 3.13. The number of carbonyl (C=O) groups excluding carboxylic acids is 1. The zero-order chi connectivity index (χ0) is 12.0. The number of nitrogens with one attached hydrogen (secondary N) is 1. The lowest BCUT2D eigenvalue weighted by Crippen LogP contribution is -2.19. The Morgan fingerprint density at radius 2 is 1.94 bits per heavy atom. The summed E-state index contributed by atoms with van der Waals surface area (Å²) in [6.45, 7) is 0.141. The molecule has 0 radical (unpaired) electrons. The summed E-state index contributed by atoms with van der Waals surface area (Å²) in [5.74, 6) is -0.0983. The average molecular weight is 243 g/mol. The van der Waals surface area contributed by atoms with Crippen LogP contribution in [0, 0.1) is 0 Å². The molecule has 5 nitrogen and oxygen atoms in total. The lowest BCUT2D eigenvalue weighted by molar-refractivity contribution is 0.112. The van der Waals surface area contributed by atoms with E-state index in [1.165, 1.54) is 19.2 Å². The highest BCUT2D eigenvalue weighted by molar-refractivity contribution is 7.92. The third kappa shape index (κ3) is 4.00. The monoisotopic (exact) mass is 243 g/mol. The molecule has 1 rings (SSSR count). The van der Waals surface area contributed by atoms with Gasteiger partial charge < -0.3 is 4.74 Å². The SMILES string of the molecule is COCCS(=O)(=O)Nc1ccc(C=O)cc1. The predicted octanol–water partition coefficient (Wildman–Crippen LogP) is 0.887. The highest BCUT2D eigenvalue weighted by atomic mass is 32.2. The molecule has 0 aliphatic carbocycles. The van der Waals surface area contributed by atoms with Crippen molar-refractivity contribution in [2.45, 2.75) is 0 Å². The Bertz CT molecular complexity index is 438. The molecule has 0 saturated heterocycles. The molecular weight excluding hydrogens is 230 g/mol. The fraction of sp³-hybridized carbons (Fsp3) is 0.300. The lowest BCUT2D eigenvalue weighted by Gasteiger charge is -2.07. The van der Waals surface area contributed by atoms with Gasteiger partial charge in [-0.25, -0.2) is 8.42 Å². The van der Waals surface area contributed by atoms with Crippen molar-refractivity contribution in [2.24, 2.45) is 0 Å². The standard InChI is InChI=1S/C10H13NO4S/c1-15-6-7-16(13,14)11-10-4-2-9(8-12)3-5-10/h2-5,8,11H,6-7H2,1H3. The largest absolute Gasteiger partial charge is 0.384 e. The van der Waals surface area contributed by atoms with Crippen LogP contribution in [0.25, 0.3) is 0 Å². The Hall–Kier alpha value is -1.40. The smallest absolute Gasteiger partial charge is 0.234 e. The van der Waals surface area contributed by atoms with Gasteiger partial charge in [0, 0.05) is 18.4 Å². The Labute approximate surface area is 94.5 Å². The first-order valence-electron chi connectivity index (χ1n) is 4.62. The quantitative estimate of drug-likeness (QED) is 0.753. The molecule has 0 spiro atoms. The molecule has 1 aromatic carbocycles. The van der Waals surface area contributed by atoms with E-state index in [9.17, 15) is 13.2 Å². The Kier molecular flexibility index (Phi) is 4.45. The van der Waals surface area contributed by atoms with Gasteiger partial charge in [-0.15, -0.1) is 0 Å². The molecule has 88 valence electrons. The number of hydrogen-bond donors (Lipinski definition) is 1. The van der Waals surface area contributed by atoms with Gasteiger partial charge in [-0.05, 0) is 24.3 Å². The Balaban J connectivity index is 2.68. The van der Waals surface area contributed by atoms with E-state index in [-0.39, 0.29) is 12.4 Å². The molecule has 6 heteroatoms. The first kappa shape index (κ1) is 12.7. The summed E-state index contributed by atoms with van der Waals surface area (Å²) in [5, 5.41) is 0. The second-order valence-electron chi connectivity index (χ2n) is 3.15. The number of anilines is 1. The molecule has 1 aromatic rings. The number of ether oxygens (including phenoxy) is 1. The fourth-order valence-electron chi connectivity index (χ4n) is 1.05. The number of carbonyl (C=O) groups is 1. The summed E-state index contributed by atoms with van der Waals surface area (Å²) in [5.41, 5.74) is 0.932. The highest BCUT2D eigenvalue weighted by Gasteiger charge is 2.09. The van der Waals surface area contributed by atoms with E-state index >= 15 is 0 Å². The first-order valence-corrected chi connectivity index (χ1v) is 6.27. The number of aldehydes is 1. The van der Waals surface area contributed by atoms with Crippen molar-refractivity contribution in [3.8, 4) is 0 Å². The molecule has 1 N–H and O–H groups in total. The van der Waals surface area contributed by atoms with Crippen LogP contribution < -0.4 is 4.72 Å². The van der Waals surface area contributed by atoms with Gasteiger partial charge >= 0.3 is 0 Å². The Morgan fingerprint density at radius 1 is 1.31 bits per heavy atom. The van der Waals surface area contributed by atoms with E-state index in [0.717, 1.165) is 0 Å². The van der Waals surface area contributed by atoms with Gasteiger partial charge in [-0.1, -0.05) is 0 Å². The van der Waals surface area contributed by atoms with E-state index in [1.807, 2.05) is 0 Å². The van der Waals surface area contributed by atoms with Gasteiger partial charge in [0.15, 0.2) is 0 Å². The Morgan fingerprint density at radius 3 is 2.44 bits per heavy atom. The van der Waals surface area contributed by atoms with Crippen LogP contribution in [-0.4, -0.2) is 34.2 Å². The molecule has 0 aliphatic rings. The molecule has 0 aliphatic heterocycles. The van der Waals surface area contributed by atoms with E-state index in [2.05, 4.69) is 9.46 Å². The second-order valence-corrected chi connectivity index (χ2v) is 5.00. The minimum absolute atomic E-state index is 0.0983. The van der Waals surface area contributed by atoms with E-state index in [0.29, 0.717) is 17.5 Å². The van der Waals surface area contributed by atoms with E-state index in [4.69, 9.17) is 0 Å². The number of hydrogen-bond acceptors (Lipinski definition) is 4. The molecule has 0 bridgehead atoms. The molecule has 0 amide bonds. The highest BCUT2D eigenvalue weighted by Crippen LogP contribution is 2.10. The first-order chi connectivity index (χ1) is 7.57. The van der Waals surface area contributed by atoms with Crippen LogP contribution in [0.3, 0.4) is 0 Å². The summed E-state index contributed by atoms with van der Waals surface area (Å²) in [7, 11) is -1.94. The minimum Gasteiger partial charge on any atom is -0.384 e. The van der Waals surface area contributed by atoms with Crippen molar-refractivity contribution in [2.75, 3.05) is 24.2 Å². The normalized spacial score (nSPS) is 11.1. The van der Waals surface area contributed by atoms with Crippen molar-refractivity contribution < 1.29 is 17.9 Å². The van der Waals surface area contributed by atoms with Crippen LogP contribution in [0.15, 0.2) is 24.3 Å². The molecule has 0 atom stereocenters. The predicted molar refractivity (Wildman–Crippen MR) is 61.1 cm³/mol. The number of methoxy groups -OCH3 is 1. The summed E-state index contributed by atoms with van der Waals surface area (Å²) >= 11 is 0. The topological polar surface area (TPSA) is 72.5 Å². The average Bonchev–Trinajstić information content (AvgIpc) is 2.27. The van der Waals surface area contributed by atoms with Gasteiger partial charge in [0.1, 0.15) is 6.29 Å². The van der Waals surface area contributed by atoms with Crippen LogP contribution in [0.5, 0.6) is 0 Å². The van der Waals surface area contributed by atoms with Gasteiger partial charge in [0.2, 0.25) is 10.0 Å². The van der Waals surface area contributed by atoms with E-state index < -0.39 is 10.0 Å². The van der Waals surface area contributed by atoms with Crippen molar-refractivity contribution in [3.05, 3.63) is 29.8 Å². The number of benzene rings is 1. The summed E-state index contributed by atoms with van der Waals surface area (Å²) in [4.78, 5) is 10.4. The molecule has 0 heterocycles. The van der Waals surface area contributed by atoms with Crippen molar-refractivity contribution in [3.63, 3.8) is 0 Å². The van der Waals surface area contributed by atoms with Crippen LogP contribution in [0.4, 0.5) is 5.69 Å². The van der Waals surface area contributed by atoms with Gasteiger partial charge in [-0.2, -0.15) is 0 Å². The van der Waals surface area contributed by atoms with Crippen molar-refractivity contribution >= 4 is 22.0 Å².